The molecule has 1 atom stereocenters. The lowest BCUT2D eigenvalue weighted by Crippen LogP contribution is -2.39. The second-order valence-corrected chi connectivity index (χ2v) is 9.12. The number of likely N-dealkylation sites (tertiary alicyclic amines) is 1. The number of fused-ring (bicyclic) bond motifs is 1. The van der Waals surface area contributed by atoms with Crippen molar-refractivity contribution in [2.75, 3.05) is 19.6 Å². The number of carbonyl (C=O) groups excluding carboxylic acids is 1. The number of piperidine rings is 1. The van der Waals surface area contributed by atoms with Crippen molar-refractivity contribution in [2.24, 2.45) is 0 Å². The first kappa shape index (κ1) is 20.1. The number of thiophene rings is 1. The van der Waals surface area contributed by atoms with Crippen LogP contribution in [0.4, 0.5) is 0 Å². The minimum absolute atomic E-state index is 0.000413. The van der Waals surface area contributed by atoms with Gasteiger partial charge in [-0.2, -0.15) is 0 Å². The monoisotopic (exact) mass is 410 g/mol. The molecule has 0 aliphatic carbocycles. The Morgan fingerprint density at radius 1 is 1.28 bits per heavy atom. The largest absolute Gasteiger partial charge is 0.351 e. The summed E-state index contributed by atoms with van der Waals surface area (Å²) in [6, 6.07) is 6.73. The quantitative estimate of drug-likeness (QED) is 0.600. The predicted molar refractivity (Wildman–Crippen MR) is 120 cm³/mol. The third-order valence-electron chi connectivity index (χ3n) is 5.88. The van der Waals surface area contributed by atoms with Crippen molar-refractivity contribution < 1.29 is 4.79 Å². The molecule has 0 aromatic carbocycles. The van der Waals surface area contributed by atoms with Crippen molar-refractivity contribution in [1.82, 2.24) is 19.8 Å². The molecule has 1 N–H and O–H groups in total. The second kappa shape index (κ2) is 8.67. The van der Waals surface area contributed by atoms with E-state index in [0.29, 0.717) is 12.6 Å². The summed E-state index contributed by atoms with van der Waals surface area (Å²) in [5.41, 5.74) is 3.09. The predicted octanol–water partition coefficient (Wildman–Crippen LogP) is 4.70. The van der Waals surface area contributed by atoms with Crippen molar-refractivity contribution in [3.63, 3.8) is 0 Å². The Morgan fingerprint density at radius 3 is 2.83 bits per heavy atom. The third-order valence-corrected chi connectivity index (χ3v) is 6.95. The van der Waals surface area contributed by atoms with Crippen LogP contribution in [0.1, 0.15) is 53.5 Å². The third kappa shape index (κ3) is 4.23. The summed E-state index contributed by atoms with van der Waals surface area (Å²) < 4.78 is 2.03. The van der Waals surface area contributed by atoms with E-state index >= 15 is 0 Å². The van der Waals surface area contributed by atoms with Gasteiger partial charge < -0.3 is 14.8 Å². The molecule has 1 fully saturated rings. The van der Waals surface area contributed by atoms with Gasteiger partial charge in [-0.1, -0.05) is 6.42 Å². The summed E-state index contributed by atoms with van der Waals surface area (Å²) in [6.45, 7) is 9.36. The Bertz CT molecular complexity index is 992. The average Bonchev–Trinajstić information content (AvgIpc) is 3.33. The Hall–Kier alpha value is -2.18. The lowest BCUT2D eigenvalue weighted by Gasteiger charge is -2.33. The first-order valence-corrected chi connectivity index (χ1v) is 11.4. The van der Waals surface area contributed by atoms with Crippen LogP contribution in [0.5, 0.6) is 0 Å². The number of nitrogens with one attached hydrogen (secondary N) is 1. The van der Waals surface area contributed by atoms with Crippen LogP contribution in [-0.4, -0.2) is 46.0 Å². The zero-order valence-corrected chi connectivity index (χ0v) is 18.4. The zero-order chi connectivity index (χ0) is 20.4. The van der Waals surface area contributed by atoms with Gasteiger partial charge in [-0.25, -0.2) is 4.98 Å². The Kier molecular flexibility index (Phi) is 6.01. The van der Waals surface area contributed by atoms with Crippen LogP contribution in [0.15, 0.2) is 30.6 Å². The molecule has 1 aliphatic rings. The summed E-state index contributed by atoms with van der Waals surface area (Å²) in [6.07, 6.45) is 8.90. The van der Waals surface area contributed by atoms with Crippen LogP contribution < -0.4 is 5.32 Å². The molecule has 0 spiro atoms. The molecule has 3 aromatic rings. The highest BCUT2D eigenvalue weighted by Crippen LogP contribution is 2.35. The Labute approximate surface area is 176 Å². The van der Waals surface area contributed by atoms with E-state index in [0.717, 1.165) is 45.0 Å². The lowest BCUT2D eigenvalue weighted by atomic mass is 10.0. The molecule has 0 radical (unpaired) electrons. The average molecular weight is 411 g/mol. The number of aromatic nitrogens is 2. The highest BCUT2D eigenvalue weighted by molar-refractivity contribution is 7.21. The highest BCUT2D eigenvalue weighted by atomic mass is 32.1. The normalized spacial score (nSPS) is 17.7. The minimum atomic E-state index is 0.000413. The number of nitrogens with zero attached hydrogens (tertiary/aromatic N) is 3. The summed E-state index contributed by atoms with van der Waals surface area (Å²) in [5, 5.41) is 4.23. The zero-order valence-electron chi connectivity index (χ0n) is 17.6. The summed E-state index contributed by atoms with van der Waals surface area (Å²) in [4.78, 5) is 22.0. The molecule has 4 heterocycles. The van der Waals surface area contributed by atoms with Crippen molar-refractivity contribution in [1.29, 1.82) is 0 Å². The molecule has 6 heteroatoms. The van der Waals surface area contributed by atoms with Crippen molar-refractivity contribution in [3.8, 4) is 5.69 Å². The molecule has 3 aromatic heterocycles. The van der Waals surface area contributed by atoms with Crippen molar-refractivity contribution in [2.45, 2.75) is 52.5 Å². The van der Waals surface area contributed by atoms with Gasteiger partial charge in [0.15, 0.2) is 0 Å². The number of pyridine rings is 1. The Balaban J connectivity index is 1.51. The van der Waals surface area contributed by atoms with E-state index in [1.165, 1.54) is 37.1 Å². The summed E-state index contributed by atoms with van der Waals surface area (Å²) in [7, 11) is 0. The van der Waals surface area contributed by atoms with Gasteiger partial charge >= 0.3 is 0 Å². The first-order chi connectivity index (χ1) is 14.0. The van der Waals surface area contributed by atoms with E-state index < -0.39 is 0 Å². The molecule has 29 heavy (non-hydrogen) atoms. The number of hydrogen-bond donors (Lipinski definition) is 1. The number of rotatable bonds is 6. The second-order valence-electron chi connectivity index (χ2n) is 8.12. The smallest absolute Gasteiger partial charge is 0.263 e. The van der Waals surface area contributed by atoms with Crippen molar-refractivity contribution >= 4 is 27.5 Å². The van der Waals surface area contributed by atoms with Gasteiger partial charge in [0.25, 0.3) is 5.91 Å². The van der Waals surface area contributed by atoms with Gasteiger partial charge in [-0.15, -0.1) is 11.3 Å². The molecular weight excluding hydrogens is 380 g/mol. The summed E-state index contributed by atoms with van der Waals surface area (Å²) in [5.74, 6) is 0.000413. The van der Waals surface area contributed by atoms with E-state index in [1.54, 1.807) is 0 Å². The molecule has 0 saturated carbocycles. The van der Waals surface area contributed by atoms with E-state index in [2.05, 4.69) is 30.1 Å². The molecule has 1 aliphatic heterocycles. The van der Waals surface area contributed by atoms with Gasteiger partial charge in [0.2, 0.25) is 0 Å². The maximum atomic E-state index is 13.1. The lowest BCUT2D eigenvalue weighted by molar-refractivity contribution is 0.0953. The van der Waals surface area contributed by atoms with E-state index in [4.69, 9.17) is 4.98 Å². The highest BCUT2D eigenvalue weighted by Gasteiger charge is 2.22. The van der Waals surface area contributed by atoms with Crippen LogP contribution in [0.25, 0.3) is 15.9 Å². The number of aryl methyl sites for hydroxylation is 2. The maximum Gasteiger partial charge on any atom is 0.263 e. The minimum Gasteiger partial charge on any atom is -0.351 e. The van der Waals surface area contributed by atoms with Gasteiger partial charge in [0.05, 0.1) is 5.69 Å². The molecular formula is C23H30N4OS. The molecule has 5 nitrogen and oxygen atoms in total. The van der Waals surface area contributed by atoms with Crippen LogP contribution in [0, 0.1) is 13.8 Å². The SMILES string of the molecule is Cc1cc(C)c2c(-n3cccc3)c(C(=O)NCCCN3CCCC[C@@H]3C)sc2n1. The molecule has 4 rings (SSSR count). The number of hydrogen-bond acceptors (Lipinski definition) is 4. The number of amides is 1. The van der Waals surface area contributed by atoms with E-state index in [-0.39, 0.29) is 5.91 Å². The molecule has 1 saturated heterocycles. The van der Waals surface area contributed by atoms with Crippen LogP contribution in [0.2, 0.25) is 0 Å². The van der Waals surface area contributed by atoms with Crippen LogP contribution in [0.3, 0.4) is 0 Å². The van der Waals surface area contributed by atoms with Crippen LogP contribution >= 0.6 is 11.3 Å². The molecule has 154 valence electrons. The van der Waals surface area contributed by atoms with Gasteiger partial charge in [-0.3, -0.25) is 4.79 Å². The fraction of sp³-hybridized carbons (Fsp3) is 0.478. The maximum absolute atomic E-state index is 13.1. The fourth-order valence-corrected chi connectivity index (χ4v) is 5.57. The molecule has 1 amide bonds. The Morgan fingerprint density at radius 2 is 2.07 bits per heavy atom. The molecule has 0 unspecified atom stereocenters. The fourth-order valence-electron chi connectivity index (χ4n) is 4.36. The number of carbonyl (C=O) groups is 1. The topological polar surface area (TPSA) is 50.2 Å². The molecule has 0 bridgehead atoms. The standard InChI is InChI=1S/C23H30N4OS/c1-16-15-17(2)25-23-19(16)20(27-12-6-7-13-27)21(29-23)22(28)24-10-8-14-26-11-5-4-9-18(26)3/h6-7,12-13,15,18H,4-5,8-11,14H2,1-3H3,(H,24,28)/t18-/m0/s1. The van der Waals surface area contributed by atoms with Gasteiger partial charge in [0.1, 0.15) is 9.71 Å². The van der Waals surface area contributed by atoms with Gasteiger partial charge in [0, 0.05) is 42.6 Å². The van der Waals surface area contributed by atoms with Crippen molar-refractivity contribution in [3.05, 3.63) is 46.7 Å². The van der Waals surface area contributed by atoms with Gasteiger partial charge in [-0.05, 0) is 70.3 Å². The van der Waals surface area contributed by atoms with E-state index in [9.17, 15) is 4.79 Å². The van der Waals surface area contributed by atoms with E-state index in [1.807, 2.05) is 36.0 Å². The first-order valence-electron chi connectivity index (χ1n) is 10.6. The van der Waals surface area contributed by atoms with Crippen LogP contribution in [-0.2, 0) is 0 Å². The summed E-state index contributed by atoms with van der Waals surface area (Å²) >= 11 is 1.49.